The molecule has 0 fully saturated rings. The van der Waals surface area contributed by atoms with Crippen molar-refractivity contribution in [3.05, 3.63) is 58.9 Å². The third-order valence-corrected chi connectivity index (χ3v) is 3.72. The topological polar surface area (TPSA) is 17.0 Å². The predicted molar refractivity (Wildman–Crippen MR) is 81.5 cm³/mol. The number of nitrogens with one attached hydrogen (secondary N) is 1. The van der Waals surface area contributed by atoms with E-state index in [4.69, 9.17) is 0 Å². The summed E-state index contributed by atoms with van der Waals surface area (Å²) in [7, 11) is 0. The van der Waals surface area contributed by atoms with E-state index < -0.39 is 0 Å². The van der Waals surface area contributed by atoms with E-state index in [0.717, 1.165) is 13.1 Å². The lowest BCUT2D eigenvalue weighted by Crippen LogP contribution is -2.17. The van der Waals surface area contributed by atoms with Gasteiger partial charge in [0, 0.05) is 25.0 Å². The Morgan fingerprint density at radius 1 is 1.16 bits per heavy atom. The molecule has 0 aliphatic heterocycles. The highest BCUT2D eigenvalue weighted by Crippen LogP contribution is 2.15. The highest BCUT2D eigenvalue weighted by atomic mass is 15.0. The van der Waals surface area contributed by atoms with Crippen molar-refractivity contribution in [1.29, 1.82) is 0 Å². The Kier molecular flexibility index (Phi) is 4.43. The van der Waals surface area contributed by atoms with Crippen LogP contribution in [0.3, 0.4) is 0 Å². The summed E-state index contributed by atoms with van der Waals surface area (Å²) in [6.45, 7) is 10.6. The summed E-state index contributed by atoms with van der Waals surface area (Å²) in [6.07, 6.45) is 4.40. The van der Waals surface area contributed by atoms with E-state index in [9.17, 15) is 0 Å². The summed E-state index contributed by atoms with van der Waals surface area (Å²) in [5.74, 6) is 0. The molecule has 1 heterocycles. The number of benzene rings is 1. The molecular weight excluding hydrogens is 232 g/mol. The predicted octanol–water partition coefficient (Wildman–Crippen LogP) is 3.82. The fourth-order valence-electron chi connectivity index (χ4n) is 2.35. The van der Waals surface area contributed by atoms with Gasteiger partial charge in [-0.05, 0) is 55.6 Å². The Morgan fingerprint density at radius 3 is 2.63 bits per heavy atom. The normalized spacial score (nSPS) is 12.6. The van der Waals surface area contributed by atoms with Gasteiger partial charge in [-0.25, -0.2) is 0 Å². The van der Waals surface area contributed by atoms with Crippen LogP contribution in [0.4, 0.5) is 0 Å². The van der Waals surface area contributed by atoms with Crippen LogP contribution in [-0.2, 0) is 6.54 Å². The first kappa shape index (κ1) is 13.9. The van der Waals surface area contributed by atoms with Crippen LogP contribution in [0.15, 0.2) is 36.7 Å². The van der Waals surface area contributed by atoms with Gasteiger partial charge in [-0.2, -0.15) is 0 Å². The van der Waals surface area contributed by atoms with Gasteiger partial charge in [-0.1, -0.05) is 25.1 Å². The molecule has 0 bridgehead atoms. The van der Waals surface area contributed by atoms with E-state index in [2.05, 4.69) is 74.2 Å². The lowest BCUT2D eigenvalue weighted by Gasteiger charge is -2.10. The minimum atomic E-state index is 0.422. The molecule has 1 unspecified atom stereocenters. The van der Waals surface area contributed by atoms with Crippen LogP contribution < -0.4 is 5.32 Å². The summed E-state index contributed by atoms with van der Waals surface area (Å²) in [5.41, 5.74) is 5.44. The van der Waals surface area contributed by atoms with Crippen molar-refractivity contribution in [2.24, 2.45) is 0 Å². The monoisotopic (exact) mass is 256 g/mol. The van der Waals surface area contributed by atoms with Crippen molar-refractivity contribution in [2.75, 3.05) is 6.54 Å². The quantitative estimate of drug-likeness (QED) is 0.860. The largest absolute Gasteiger partial charge is 0.350 e. The molecule has 0 spiro atoms. The maximum atomic E-state index is 3.44. The Bertz CT molecular complexity index is 540. The highest BCUT2D eigenvalue weighted by molar-refractivity contribution is 5.30. The third kappa shape index (κ3) is 3.48. The number of hydrogen-bond acceptors (Lipinski definition) is 1. The van der Waals surface area contributed by atoms with Gasteiger partial charge in [0.05, 0.1) is 0 Å². The number of rotatable bonds is 5. The number of hydrogen-bond donors (Lipinski definition) is 1. The molecule has 2 nitrogen and oxygen atoms in total. The van der Waals surface area contributed by atoms with Crippen LogP contribution in [0.5, 0.6) is 0 Å². The number of nitrogens with zero attached hydrogens (tertiary/aromatic N) is 1. The zero-order valence-electron chi connectivity index (χ0n) is 12.4. The van der Waals surface area contributed by atoms with Crippen LogP contribution in [0.25, 0.3) is 0 Å². The molecule has 102 valence electrons. The first-order valence-corrected chi connectivity index (χ1v) is 7.05. The van der Waals surface area contributed by atoms with Crippen molar-refractivity contribution in [3.63, 3.8) is 0 Å². The minimum Gasteiger partial charge on any atom is -0.350 e. The van der Waals surface area contributed by atoms with E-state index in [-0.39, 0.29) is 0 Å². The molecule has 0 saturated carbocycles. The SMILES string of the molecule is CCNC(C)c1ccn(Cc2ccc(C)c(C)c2)c1. The first-order chi connectivity index (χ1) is 9.10. The van der Waals surface area contributed by atoms with Crippen LogP contribution in [0.1, 0.15) is 42.1 Å². The van der Waals surface area contributed by atoms with Crippen molar-refractivity contribution in [3.8, 4) is 0 Å². The molecule has 0 aliphatic rings. The van der Waals surface area contributed by atoms with Crippen LogP contribution in [0, 0.1) is 13.8 Å². The van der Waals surface area contributed by atoms with Crippen LogP contribution in [0.2, 0.25) is 0 Å². The van der Waals surface area contributed by atoms with E-state index >= 15 is 0 Å². The second-order valence-electron chi connectivity index (χ2n) is 5.32. The third-order valence-electron chi connectivity index (χ3n) is 3.72. The van der Waals surface area contributed by atoms with Crippen LogP contribution in [-0.4, -0.2) is 11.1 Å². The summed E-state index contributed by atoms with van der Waals surface area (Å²) in [6, 6.07) is 9.33. The highest BCUT2D eigenvalue weighted by Gasteiger charge is 2.05. The van der Waals surface area contributed by atoms with Gasteiger partial charge in [0.15, 0.2) is 0 Å². The average molecular weight is 256 g/mol. The summed E-state index contributed by atoms with van der Waals surface area (Å²) < 4.78 is 2.26. The van der Waals surface area contributed by atoms with Crippen LogP contribution >= 0.6 is 0 Å². The molecule has 0 saturated heterocycles. The molecule has 0 amide bonds. The van der Waals surface area contributed by atoms with Gasteiger partial charge in [0.25, 0.3) is 0 Å². The Balaban J connectivity index is 2.09. The van der Waals surface area contributed by atoms with Crippen molar-refractivity contribution < 1.29 is 0 Å². The maximum absolute atomic E-state index is 3.44. The smallest absolute Gasteiger partial charge is 0.0470 e. The molecule has 2 aromatic rings. The van der Waals surface area contributed by atoms with E-state index in [1.165, 1.54) is 22.3 Å². The van der Waals surface area contributed by atoms with Crippen molar-refractivity contribution in [2.45, 2.75) is 40.3 Å². The molecule has 2 heteroatoms. The molecule has 1 N–H and O–H groups in total. The summed E-state index contributed by atoms with van der Waals surface area (Å²) in [4.78, 5) is 0. The molecular formula is C17H24N2. The second kappa shape index (κ2) is 6.07. The Hall–Kier alpha value is -1.54. The first-order valence-electron chi connectivity index (χ1n) is 7.05. The van der Waals surface area contributed by atoms with E-state index in [1.54, 1.807) is 0 Å². The molecule has 0 aliphatic carbocycles. The second-order valence-corrected chi connectivity index (χ2v) is 5.32. The summed E-state index contributed by atoms with van der Waals surface area (Å²) in [5, 5.41) is 3.44. The van der Waals surface area contributed by atoms with E-state index in [0.29, 0.717) is 6.04 Å². The fraction of sp³-hybridized carbons (Fsp3) is 0.412. The molecule has 19 heavy (non-hydrogen) atoms. The number of aromatic nitrogens is 1. The fourth-order valence-corrected chi connectivity index (χ4v) is 2.35. The molecule has 0 radical (unpaired) electrons. The number of aryl methyl sites for hydroxylation is 2. The van der Waals surface area contributed by atoms with Gasteiger partial charge < -0.3 is 9.88 Å². The molecule has 2 rings (SSSR count). The standard InChI is InChI=1S/C17H24N2/c1-5-18-15(4)17-8-9-19(12-17)11-16-7-6-13(2)14(3)10-16/h6-10,12,15,18H,5,11H2,1-4H3. The van der Waals surface area contributed by atoms with Gasteiger partial charge in [0.2, 0.25) is 0 Å². The maximum Gasteiger partial charge on any atom is 0.0470 e. The van der Waals surface area contributed by atoms with Gasteiger partial charge in [-0.3, -0.25) is 0 Å². The minimum absolute atomic E-state index is 0.422. The molecule has 1 aromatic carbocycles. The lowest BCUT2D eigenvalue weighted by atomic mass is 10.1. The molecule has 1 atom stereocenters. The summed E-state index contributed by atoms with van der Waals surface area (Å²) >= 11 is 0. The lowest BCUT2D eigenvalue weighted by molar-refractivity contribution is 0.596. The Labute approximate surface area is 116 Å². The van der Waals surface area contributed by atoms with Gasteiger partial charge in [0.1, 0.15) is 0 Å². The van der Waals surface area contributed by atoms with Gasteiger partial charge in [-0.15, -0.1) is 0 Å². The van der Waals surface area contributed by atoms with Crippen molar-refractivity contribution in [1.82, 2.24) is 9.88 Å². The Morgan fingerprint density at radius 2 is 1.95 bits per heavy atom. The zero-order chi connectivity index (χ0) is 13.8. The zero-order valence-corrected chi connectivity index (χ0v) is 12.4. The molecule has 1 aromatic heterocycles. The van der Waals surface area contributed by atoms with Gasteiger partial charge >= 0.3 is 0 Å². The van der Waals surface area contributed by atoms with Crippen molar-refractivity contribution >= 4 is 0 Å². The van der Waals surface area contributed by atoms with E-state index in [1.807, 2.05) is 0 Å². The average Bonchev–Trinajstić information content (AvgIpc) is 2.83.